The Balaban J connectivity index is 2.61. The molecule has 0 saturated carbocycles. The number of carbonyl (C=O) groups is 1. The van der Waals surface area contributed by atoms with Crippen LogP contribution in [0, 0.1) is 0 Å². The minimum Gasteiger partial charge on any atom is -0.396 e. The molecule has 0 bridgehead atoms. The molecule has 1 aromatic heterocycles. The SMILES string of the molecule is CCCCc1conc1C(CO)C(C)(C(N)=O)S(=O)(=O)c1ccc(Cl)cc1. The van der Waals surface area contributed by atoms with E-state index in [1.54, 1.807) is 0 Å². The summed E-state index contributed by atoms with van der Waals surface area (Å²) in [6.07, 6.45) is 3.72. The summed E-state index contributed by atoms with van der Waals surface area (Å²) in [4.78, 5) is 12.3. The lowest BCUT2D eigenvalue weighted by Crippen LogP contribution is -2.53. The van der Waals surface area contributed by atoms with Crippen LogP contribution in [0.2, 0.25) is 5.02 Å². The highest BCUT2D eigenvalue weighted by Gasteiger charge is 2.53. The van der Waals surface area contributed by atoms with Gasteiger partial charge < -0.3 is 15.4 Å². The van der Waals surface area contributed by atoms with Crippen molar-refractivity contribution in [1.29, 1.82) is 0 Å². The fourth-order valence-electron chi connectivity index (χ4n) is 2.98. The second-order valence-electron chi connectivity index (χ2n) is 6.49. The second kappa shape index (κ2) is 8.41. The number of benzene rings is 1. The number of unbranched alkanes of at least 4 members (excludes halogenated alkanes) is 1. The third kappa shape index (κ3) is 3.88. The zero-order valence-corrected chi connectivity index (χ0v) is 16.8. The van der Waals surface area contributed by atoms with Crippen LogP contribution in [-0.4, -0.2) is 35.9 Å². The zero-order valence-electron chi connectivity index (χ0n) is 15.2. The molecule has 148 valence electrons. The molecule has 0 radical (unpaired) electrons. The number of sulfone groups is 1. The van der Waals surface area contributed by atoms with Crippen LogP contribution in [0.15, 0.2) is 39.9 Å². The van der Waals surface area contributed by atoms with Gasteiger partial charge in [-0.1, -0.05) is 30.1 Å². The number of aliphatic hydroxyl groups is 1. The normalized spacial score (nSPS) is 15.3. The molecule has 1 aromatic carbocycles. The number of primary amides is 1. The van der Waals surface area contributed by atoms with Crippen LogP contribution in [0.4, 0.5) is 0 Å². The van der Waals surface area contributed by atoms with E-state index in [0.717, 1.165) is 12.8 Å². The molecule has 0 aliphatic rings. The monoisotopic (exact) mass is 414 g/mol. The number of nitrogens with zero attached hydrogens (tertiary/aromatic N) is 1. The van der Waals surface area contributed by atoms with Gasteiger partial charge in [0.15, 0.2) is 14.6 Å². The number of hydrogen-bond donors (Lipinski definition) is 2. The quantitative estimate of drug-likeness (QED) is 0.649. The van der Waals surface area contributed by atoms with Crippen molar-refractivity contribution in [2.75, 3.05) is 6.61 Å². The molecule has 0 aliphatic carbocycles. The predicted octanol–water partition coefficient (Wildman–Crippen LogP) is 2.46. The summed E-state index contributed by atoms with van der Waals surface area (Å²) in [6.45, 7) is 2.57. The van der Waals surface area contributed by atoms with Crippen molar-refractivity contribution >= 4 is 27.3 Å². The lowest BCUT2D eigenvalue weighted by molar-refractivity contribution is -0.121. The number of halogens is 1. The molecular formula is C18H23ClN2O5S. The Morgan fingerprint density at radius 1 is 1.37 bits per heavy atom. The van der Waals surface area contributed by atoms with E-state index in [0.29, 0.717) is 17.0 Å². The highest BCUT2D eigenvalue weighted by atomic mass is 35.5. The first kappa shape index (κ1) is 21.4. The fourth-order valence-corrected chi connectivity index (χ4v) is 4.91. The van der Waals surface area contributed by atoms with Crippen molar-refractivity contribution in [3.05, 3.63) is 46.8 Å². The van der Waals surface area contributed by atoms with E-state index in [9.17, 15) is 18.3 Å². The summed E-state index contributed by atoms with van der Waals surface area (Å²) >= 11 is 5.83. The van der Waals surface area contributed by atoms with Gasteiger partial charge in [0.25, 0.3) is 0 Å². The maximum absolute atomic E-state index is 13.3. The van der Waals surface area contributed by atoms with E-state index < -0.39 is 33.0 Å². The summed E-state index contributed by atoms with van der Waals surface area (Å²) in [5, 5.41) is 14.2. The van der Waals surface area contributed by atoms with Gasteiger partial charge in [-0.25, -0.2) is 8.42 Å². The predicted molar refractivity (Wildman–Crippen MR) is 101 cm³/mol. The van der Waals surface area contributed by atoms with E-state index in [4.69, 9.17) is 21.9 Å². The highest BCUT2D eigenvalue weighted by molar-refractivity contribution is 7.93. The number of aryl methyl sites for hydroxylation is 1. The zero-order chi connectivity index (χ0) is 20.2. The Bertz CT molecular complexity index is 895. The molecule has 27 heavy (non-hydrogen) atoms. The average Bonchev–Trinajstić information content (AvgIpc) is 3.08. The summed E-state index contributed by atoms with van der Waals surface area (Å²) in [6, 6.07) is 5.42. The molecule has 1 heterocycles. The van der Waals surface area contributed by atoms with Gasteiger partial charge in [-0.05, 0) is 44.0 Å². The van der Waals surface area contributed by atoms with E-state index in [-0.39, 0.29) is 10.6 Å². The minimum absolute atomic E-state index is 0.120. The van der Waals surface area contributed by atoms with Crippen LogP contribution in [0.25, 0.3) is 0 Å². The maximum atomic E-state index is 13.3. The lowest BCUT2D eigenvalue weighted by atomic mass is 9.87. The molecule has 0 aliphatic heterocycles. The Hall–Kier alpha value is -1.90. The van der Waals surface area contributed by atoms with Crippen molar-refractivity contribution in [2.24, 2.45) is 5.73 Å². The van der Waals surface area contributed by atoms with E-state index >= 15 is 0 Å². The molecule has 0 saturated heterocycles. The summed E-state index contributed by atoms with van der Waals surface area (Å²) in [7, 11) is -4.27. The third-order valence-electron chi connectivity index (χ3n) is 4.82. The lowest BCUT2D eigenvalue weighted by Gasteiger charge is -2.32. The average molecular weight is 415 g/mol. The van der Waals surface area contributed by atoms with E-state index in [1.807, 2.05) is 6.92 Å². The largest absolute Gasteiger partial charge is 0.396 e. The summed E-state index contributed by atoms with van der Waals surface area (Å²) < 4.78 is 29.5. The van der Waals surface area contributed by atoms with Crippen LogP contribution < -0.4 is 5.73 Å². The molecule has 2 unspecified atom stereocenters. The van der Waals surface area contributed by atoms with Gasteiger partial charge in [0.05, 0.1) is 23.1 Å². The van der Waals surface area contributed by atoms with Crippen molar-refractivity contribution < 1.29 is 22.8 Å². The van der Waals surface area contributed by atoms with Crippen molar-refractivity contribution in [3.8, 4) is 0 Å². The molecule has 2 aromatic rings. The highest BCUT2D eigenvalue weighted by Crippen LogP contribution is 2.39. The van der Waals surface area contributed by atoms with Crippen molar-refractivity contribution in [3.63, 3.8) is 0 Å². The standard InChI is InChI=1S/C18H23ClN2O5S/c1-3-4-5-12-11-26-21-16(12)15(10-22)18(2,17(20)23)27(24,25)14-8-6-13(19)7-9-14/h6-9,11,15,22H,3-5,10H2,1-2H3,(H2,20,23). The minimum atomic E-state index is -4.27. The number of aromatic nitrogens is 1. The molecule has 7 nitrogen and oxygen atoms in total. The molecule has 2 rings (SSSR count). The first-order valence-corrected chi connectivity index (χ1v) is 10.4. The second-order valence-corrected chi connectivity index (χ2v) is 9.26. The van der Waals surface area contributed by atoms with Crippen molar-refractivity contribution in [1.82, 2.24) is 5.16 Å². The first-order chi connectivity index (χ1) is 12.7. The Kier molecular flexibility index (Phi) is 6.67. The first-order valence-electron chi connectivity index (χ1n) is 8.54. The molecule has 1 amide bonds. The molecule has 9 heteroatoms. The smallest absolute Gasteiger partial charge is 0.239 e. The number of carbonyl (C=O) groups excluding carboxylic acids is 1. The van der Waals surface area contributed by atoms with Gasteiger partial charge >= 0.3 is 0 Å². The Morgan fingerprint density at radius 2 is 2.00 bits per heavy atom. The number of amides is 1. The topological polar surface area (TPSA) is 123 Å². The van der Waals surface area contributed by atoms with Gasteiger partial charge in [-0.3, -0.25) is 4.79 Å². The number of nitrogens with two attached hydrogens (primary N) is 1. The van der Waals surface area contributed by atoms with Crippen LogP contribution in [0.5, 0.6) is 0 Å². The van der Waals surface area contributed by atoms with Gasteiger partial charge in [-0.15, -0.1) is 0 Å². The number of hydrogen-bond acceptors (Lipinski definition) is 6. The van der Waals surface area contributed by atoms with Gasteiger partial charge in [-0.2, -0.15) is 0 Å². The molecule has 2 atom stereocenters. The third-order valence-corrected chi connectivity index (χ3v) is 7.57. The van der Waals surface area contributed by atoms with Crippen LogP contribution in [0.1, 0.15) is 43.9 Å². The van der Waals surface area contributed by atoms with Gasteiger partial charge in [0.1, 0.15) is 6.26 Å². The summed E-state index contributed by atoms with van der Waals surface area (Å²) in [5.41, 5.74) is 6.42. The summed E-state index contributed by atoms with van der Waals surface area (Å²) in [5.74, 6) is -2.26. The Labute approximate surface area is 163 Å². The number of aliphatic hydroxyl groups excluding tert-OH is 1. The molecular weight excluding hydrogens is 392 g/mol. The van der Waals surface area contributed by atoms with Crippen LogP contribution >= 0.6 is 11.6 Å². The van der Waals surface area contributed by atoms with E-state index in [2.05, 4.69) is 5.16 Å². The number of rotatable bonds is 9. The van der Waals surface area contributed by atoms with Crippen LogP contribution in [0.3, 0.4) is 0 Å². The molecule has 0 spiro atoms. The van der Waals surface area contributed by atoms with Crippen molar-refractivity contribution in [2.45, 2.75) is 48.7 Å². The van der Waals surface area contributed by atoms with E-state index in [1.165, 1.54) is 37.5 Å². The molecule has 3 N–H and O–H groups in total. The Morgan fingerprint density at radius 3 is 2.52 bits per heavy atom. The van der Waals surface area contributed by atoms with Gasteiger partial charge in [0, 0.05) is 10.6 Å². The maximum Gasteiger partial charge on any atom is 0.239 e. The molecule has 0 fully saturated rings. The fraction of sp³-hybridized carbons (Fsp3) is 0.444. The van der Waals surface area contributed by atoms with Crippen LogP contribution in [-0.2, 0) is 21.1 Å². The van der Waals surface area contributed by atoms with Gasteiger partial charge in [0.2, 0.25) is 5.91 Å².